The van der Waals surface area contributed by atoms with Crippen molar-refractivity contribution in [3.8, 4) is 5.88 Å². The van der Waals surface area contributed by atoms with Crippen molar-refractivity contribution in [2.24, 2.45) is 0 Å². The first kappa shape index (κ1) is 16.2. The van der Waals surface area contributed by atoms with E-state index in [1.807, 2.05) is 0 Å². The Morgan fingerprint density at radius 2 is 2.08 bits per heavy atom. The van der Waals surface area contributed by atoms with E-state index in [-0.39, 0.29) is 4.90 Å². The summed E-state index contributed by atoms with van der Waals surface area (Å²) in [6.07, 6.45) is 4.40. The molecule has 0 aliphatic carbocycles. The van der Waals surface area contributed by atoms with Gasteiger partial charge >= 0.3 is 0 Å². The van der Waals surface area contributed by atoms with Gasteiger partial charge in [-0.15, -0.1) is 0 Å². The maximum Gasteiger partial charge on any atom is 0.264 e. The molecular formula is C15H16N4O4S. The number of hydrogen-bond acceptors (Lipinski definition) is 6. The van der Waals surface area contributed by atoms with Gasteiger partial charge in [0.2, 0.25) is 5.88 Å². The molecule has 0 bridgehead atoms. The van der Waals surface area contributed by atoms with Crippen molar-refractivity contribution in [2.45, 2.75) is 4.90 Å². The molecule has 0 amide bonds. The average molecular weight is 348 g/mol. The van der Waals surface area contributed by atoms with Gasteiger partial charge in [0.25, 0.3) is 10.0 Å². The number of H-pyrrole nitrogens is 1. The molecule has 24 heavy (non-hydrogen) atoms. The summed E-state index contributed by atoms with van der Waals surface area (Å²) in [5.74, 6) is 0.395. The van der Waals surface area contributed by atoms with Gasteiger partial charge in [-0.1, -0.05) is 0 Å². The van der Waals surface area contributed by atoms with E-state index in [2.05, 4.69) is 19.7 Å². The van der Waals surface area contributed by atoms with Crippen molar-refractivity contribution in [3.63, 3.8) is 0 Å². The van der Waals surface area contributed by atoms with Crippen molar-refractivity contribution in [1.82, 2.24) is 15.0 Å². The lowest BCUT2D eigenvalue weighted by atomic mass is 10.3. The lowest BCUT2D eigenvalue weighted by Gasteiger charge is -2.08. The molecular weight excluding hydrogens is 332 g/mol. The second-order valence-electron chi connectivity index (χ2n) is 4.88. The largest absolute Gasteiger partial charge is 0.475 e. The summed E-state index contributed by atoms with van der Waals surface area (Å²) in [6.45, 7) is 0.821. The van der Waals surface area contributed by atoms with Crippen molar-refractivity contribution >= 4 is 26.7 Å². The third-order valence-corrected chi connectivity index (χ3v) is 4.65. The van der Waals surface area contributed by atoms with Crippen LogP contribution in [0.4, 0.5) is 5.69 Å². The van der Waals surface area contributed by atoms with Crippen LogP contribution in [0, 0.1) is 0 Å². The molecule has 3 rings (SSSR count). The van der Waals surface area contributed by atoms with E-state index < -0.39 is 10.0 Å². The maximum absolute atomic E-state index is 12.5. The Labute approximate surface area is 138 Å². The van der Waals surface area contributed by atoms with Gasteiger partial charge in [-0.25, -0.2) is 18.4 Å². The number of nitrogens with zero attached hydrogens (tertiary/aromatic N) is 2. The van der Waals surface area contributed by atoms with Crippen molar-refractivity contribution in [2.75, 3.05) is 25.0 Å². The molecule has 0 saturated carbocycles. The Kier molecular flexibility index (Phi) is 4.63. The number of pyridine rings is 2. The Balaban J connectivity index is 1.77. The molecule has 2 N–H and O–H groups in total. The van der Waals surface area contributed by atoms with Gasteiger partial charge in [0.1, 0.15) is 17.1 Å². The van der Waals surface area contributed by atoms with Gasteiger partial charge in [0.05, 0.1) is 18.5 Å². The van der Waals surface area contributed by atoms with Gasteiger partial charge in [-0.05, 0) is 18.2 Å². The standard InChI is InChI=1S/C15H16N4O4S/c1-22-7-8-23-14-5-4-11(9-17-14)19-24(20,21)13-10-18-15-12(13)3-2-6-16-15/h2-6,9-10,19H,7-8H2,1H3,(H,16,18). The zero-order chi connectivity index (χ0) is 17.0. The van der Waals surface area contributed by atoms with Crippen molar-refractivity contribution < 1.29 is 17.9 Å². The van der Waals surface area contributed by atoms with E-state index in [1.54, 1.807) is 37.6 Å². The number of anilines is 1. The molecule has 126 valence electrons. The summed E-state index contributed by atoms with van der Waals surface area (Å²) >= 11 is 0. The molecule has 0 atom stereocenters. The van der Waals surface area contributed by atoms with Gasteiger partial charge < -0.3 is 14.5 Å². The molecule has 8 nitrogen and oxygen atoms in total. The number of aromatic nitrogens is 3. The van der Waals surface area contributed by atoms with Crippen LogP contribution in [0.15, 0.2) is 47.8 Å². The zero-order valence-electron chi connectivity index (χ0n) is 12.9. The van der Waals surface area contributed by atoms with E-state index in [9.17, 15) is 8.42 Å². The monoisotopic (exact) mass is 348 g/mol. The summed E-state index contributed by atoms with van der Waals surface area (Å²) < 4.78 is 37.8. The fourth-order valence-electron chi connectivity index (χ4n) is 2.12. The molecule has 3 aromatic rings. The normalized spacial score (nSPS) is 11.5. The fraction of sp³-hybridized carbons (Fsp3) is 0.200. The summed E-state index contributed by atoms with van der Waals surface area (Å²) in [5, 5.41) is 0.525. The third kappa shape index (κ3) is 3.47. The van der Waals surface area contributed by atoms with Crippen LogP contribution in [0.5, 0.6) is 5.88 Å². The maximum atomic E-state index is 12.5. The molecule has 0 radical (unpaired) electrons. The SMILES string of the molecule is COCCOc1ccc(NS(=O)(=O)c2c[nH]c3ncccc23)cn1. The van der Waals surface area contributed by atoms with Crippen LogP contribution in [-0.4, -0.2) is 43.7 Å². The predicted octanol–water partition coefficient (Wildman–Crippen LogP) is 1.78. The van der Waals surface area contributed by atoms with E-state index >= 15 is 0 Å². The van der Waals surface area contributed by atoms with E-state index in [1.165, 1.54) is 12.4 Å². The van der Waals surface area contributed by atoms with Crippen LogP contribution in [-0.2, 0) is 14.8 Å². The molecule has 0 aliphatic heterocycles. The van der Waals surface area contributed by atoms with Gasteiger partial charge in [-0.3, -0.25) is 4.72 Å². The van der Waals surface area contributed by atoms with Gasteiger partial charge in [0.15, 0.2) is 0 Å². The molecule has 0 unspecified atom stereocenters. The minimum absolute atomic E-state index is 0.131. The van der Waals surface area contributed by atoms with Crippen LogP contribution in [0.3, 0.4) is 0 Å². The summed E-state index contributed by atoms with van der Waals surface area (Å²) in [7, 11) is -2.17. The molecule has 9 heteroatoms. The minimum Gasteiger partial charge on any atom is -0.475 e. The van der Waals surface area contributed by atoms with E-state index in [0.717, 1.165) is 0 Å². The molecule has 0 fully saturated rings. The van der Waals surface area contributed by atoms with Crippen LogP contribution >= 0.6 is 0 Å². The second-order valence-corrected chi connectivity index (χ2v) is 6.54. The van der Waals surface area contributed by atoms with Crippen molar-refractivity contribution in [3.05, 3.63) is 42.9 Å². The minimum atomic E-state index is -3.75. The first-order valence-electron chi connectivity index (χ1n) is 7.13. The highest BCUT2D eigenvalue weighted by molar-refractivity contribution is 7.93. The van der Waals surface area contributed by atoms with Crippen LogP contribution in [0.1, 0.15) is 0 Å². The Bertz CT molecular complexity index is 922. The Morgan fingerprint density at radius 3 is 2.83 bits per heavy atom. The average Bonchev–Trinajstić information content (AvgIpc) is 3.01. The van der Waals surface area contributed by atoms with E-state index in [0.29, 0.717) is 35.8 Å². The van der Waals surface area contributed by atoms with Crippen molar-refractivity contribution in [1.29, 1.82) is 0 Å². The summed E-state index contributed by atoms with van der Waals surface area (Å²) in [6, 6.07) is 6.55. The van der Waals surface area contributed by atoms with E-state index in [4.69, 9.17) is 9.47 Å². The van der Waals surface area contributed by atoms with Crippen LogP contribution in [0.25, 0.3) is 11.0 Å². The summed E-state index contributed by atoms with van der Waals surface area (Å²) in [4.78, 5) is 11.1. The summed E-state index contributed by atoms with van der Waals surface area (Å²) in [5.41, 5.74) is 0.852. The topological polar surface area (TPSA) is 106 Å². The van der Waals surface area contributed by atoms with Gasteiger partial charge in [0, 0.05) is 31.0 Å². The lowest BCUT2D eigenvalue weighted by Crippen LogP contribution is -2.13. The number of fused-ring (bicyclic) bond motifs is 1. The fourth-order valence-corrected chi connectivity index (χ4v) is 3.33. The number of aromatic amines is 1. The molecule has 3 aromatic heterocycles. The highest BCUT2D eigenvalue weighted by Gasteiger charge is 2.19. The number of methoxy groups -OCH3 is 1. The highest BCUT2D eigenvalue weighted by atomic mass is 32.2. The third-order valence-electron chi connectivity index (χ3n) is 3.23. The molecule has 0 aromatic carbocycles. The smallest absolute Gasteiger partial charge is 0.264 e. The highest BCUT2D eigenvalue weighted by Crippen LogP contribution is 2.23. The Morgan fingerprint density at radius 1 is 1.21 bits per heavy atom. The number of ether oxygens (including phenoxy) is 2. The number of sulfonamides is 1. The lowest BCUT2D eigenvalue weighted by molar-refractivity contribution is 0.144. The quantitative estimate of drug-likeness (QED) is 0.631. The Hall–Kier alpha value is -2.65. The molecule has 3 heterocycles. The van der Waals surface area contributed by atoms with Gasteiger partial charge in [-0.2, -0.15) is 0 Å². The first-order valence-corrected chi connectivity index (χ1v) is 8.61. The zero-order valence-corrected chi connectivity index (χ0v) is 13.7. The molecule has 0 aliphatic rings. The number of nitrogens with one attached hydrogen (secondary N) is 2. The van der Waals surface area contributed by atoms with Crippen LogP contribution in [0.2, 0.25) is 0 Å². The number of rotatable bonds is 7. The first-order chi connectivity index (χ1) is 11.6. The molecule has 0 spiro atoms. The number of hydrogen-bond donors (Lipinski definition) is 2. The van der Waals surface area contributed by atoms with Crippen LogP contribution < -0.4 is 9.46 Å². The predicted molar refractivity (Wildman–Crippen MR) is 88.5 cm³/mol. The second kappa shape index (κ2) is 6.85. The molecule has 0 saturated heterocycles.